The van der Waals surface area contributed by atoms with Crippen LogP contribution in [0.15, 0.2) is 18.2 Å². The van der Waals surface area contributed by atoms with E-state index in [0.717, 1.165) is 25.7 Å². The monoisotopic (exact) mass is 321 g/mol. The fourth-order valence-corrected chi connectivity index (χ4v) is 3.00. The number of aliphatic hydroxyl groups excluding tert-OH is 1. The van der Waals surface area contributed by atoms with Gasteiger partial charge in [-0.1, -0.05) is 12.8 Å². The van der Waals surface area contributed by atoms with Gasteiger partial charge in [0, 0.05) is 36.3 Å². The van der Waals surface area contributed by atoms with Crippen molar-refractivity contribution in [2.24, 2.45) is 0 Å². The molecule has 7 heteroatoms. The van der Waals surface area contributed by atoms with Gasteiger partial charge in [-0.15, -0.1) is 0 Å². The lowest BCUT2D eigenvalue weighted by atomic mass is 9.99. The molecule has 7 nitrogen and oxygen atoms in total. The molecule has 1 amide bonds. The molecule has 0 atom stereocenters. The van der Waals surface area contributed by atoms with Crippen LogP contribution in [0.2, 0.25) is 0 Å². The van der Waals surface area contributed by atoms with E-state index in [4.69, 9.17) is 0 Å². The Bertz CT molecular complexity index is 583. The molecule has 1 aromatic carbocycles. The number of benzene rings is 1. The highest BCUT2D eigenvalue weighted by molar-refractivity contribution is 5.91. The van der Waals surface area contributed by atoms with Crippen molar-refractivity contribution < 1.29 is 14.8 Å². The number of non-ortho nitro benzene ring substituents is 1. The van der Waals surface area contributed by atoms with Crippen molar-refractivity contribution in [3.63, 3.8) is 0 Å². The molecule has 0 saturated heterocycles. The average molecular weight is 321 g/mol. The number of amides is 1. The van der Waals surface area contributed by atoms with Gasteiger partial charge >= 0.3 is 0 Å². The van der Waals surface area contributed by atoms with Gasteiger partial charge in [0.25, 0.3) is 5.69 Å². The Balaban J connectivity index is 1.84. The summed E-state index contributed by atoms with van der Waals surface area (Å²) >= 11 is 0. The van der Waals surface area contributed by atoms with Crippen LogP contribution >= 0.6 is 0 Å². The van der Waals surface area contributed by atoms with E-state index in [1.54, 1.807) is 13.0 Å². The summed E-state index contributed by atoms with van der Waals surface area (Å²) < 4.78 is 0. The van der Waals surface area contributed by atoms with Crippen molar-refractivity contribution in [2.75, 3.05) is 18.5 Å². The molecule has 0 aliphatic heterocycles. The minimum absolute atomic E-state index is 0.00767. The molecular formula is C16H23N3O4. The van der Waals surface area contributed by atoms with E-state index in [9.17, 15) is 20.0 Å². The summed E-state index contributed by atoms with van der Waals surface area (Å²) in [4.78, 5) is 22.2. The number of nitrogens with zero attached hydrogens (tertiary/aromatic N) is 1. The van der Waals surface area contributed by atoms with Crippen LogP contribution in [0.5, 0.6) is 0 Å². The average Bonchev–Trinajstić information content (AvgIpc) is 2.98. The van der Waals surface area contributed by atoms with Gasteiger partial charge in [0.05, 0.1) is 11.5 Å². The quantitative estimate of drug-likeness (QED) is 0.527. The number of carbonyl (C=O) groups is 1. The highest BCUT2D eigenvalue weighted by atomic mass is 16.6. The minimum Gasteiger partial charge on any atom is -0.394 e. The number of carbonyl (C=O) groups excluding carboxylic acids is 1. The zero-order valence-electron chi connectivity index (χ0n) is 13.3. The highest BCUT2D eigenvalue weighted by Crippen LogP contribution is 2.29. The Kier molecular flexibility index (Phi) is 5.68. The summed E-state index contributed by atoms with van der Waals surface area (Å²) in [5.74, 6) is -0.152. The van der Waals surface area contributed by atoms with Gasteiger partial charge in [0.1, 0.15) is 0 Å². The van der Waals surface area contributed by atoms with Crippen LogP contribution in [0.1, 0.15) is 37.7 Å². The van der Waals surface area contributed by atoms with Gasteiger partial charge in [-0.3, -0.25) is 14.9 Å². The molecule has 1 aliphatic carbocycles. The zero-order valence-corrected chi connectivity index (χ0v) is 13.3. The maximum absolute atomic E-state index is 12.0. The van der Waals surface area contributed by atoms with Crippen LogP contribution in [0.25, 0.3) is 0 Å². The number of nitro groups is 1. The van der Waals surface area contributed by atoms with Crippen LogP contribution in [0, 0.1) is 17.0 Å². The molecule has 0 spiro atoms. The lowest BCUT2D eigenvalue weighted by Crippen LogP contribution is -2.47. The first-order valence-corrected chi connectivity index (χ1v) is 7.86. The maximum atomic E-state index is 12.0. The fraction of sp³-hybridized carbons (Fsp3) is 0.562. The number of nitro benzene ring substituents is 1. The topological polar surface area (TPSA) is 105 Å². The molecule has 0 heterocycles. The third-order valence-electron chi connectivity index (χ3n) is 4.41. The molecule has 3 N–H and O–H groups in total. The third-order valence-corrected chi connectivity index (χ3v) is 4.41. The van der Waals surface area contributed by atoms with Crippen molar-refractivity contribution in [1.29, 1.82) is 0 Å². The smallest absolute Gasteiger partial charge is 0.269 e. The highest BCUT2D eigenvalue weighted by Gasteiger charge is 2.32. The maximum Gasteiger partial charge on any atom is 0.269 e. The Morgan fingerprint density at radius 1 is 1.39 bits per heavy atom. The van der Waals surface area contributed by atoms with Gasteiger partial charge in [-0.25, -0.2) is 0 Å². The van der Waals surface area contributed by atoms with E-state index in [1.165, 1.54) is 12.1 Å². The van der Waals surface area contributed by atoms with Gasteiger partial charge in [0.2, 0.25) is 5.91 Å². The molecular weight excluding hydrogens is 298 g/mol. The lowest BCUT2D eigenvalue weighted by molar-refractivity contribution is -0.384. The van der Waals surface area contributed by atoms with E-state index in [1.807, 2.05) is 0 Å². The predicted octanol–water partition coefficient (Wildman–Crippen LogP) is 2.13. The lowest BCUT2D eigenvalue weighted by Gasteiger charge is -2.28. The number of rotatable bonds is 7. The summed E-state index contributed by atoms with van der Waals surface area (Å²) in [5.41, 5.74) is 1.01. The Hall–Kier alpha value is -1.99. The zero-order chi connectivity index (χ0) is 16.9. The molecule has 1 saturated carbocycles. The summed E-state index contributed by atoms with van der Waals surface area (Å²) in [6.07, 6.45) is 4.36. The Morgan fingerprint density at radius 2 is 2.09 bits per heavy atom. The first-order chi connectivity index (χ1) is 11.0. The number of nitrogens with one attached hydrogen (secondary N) is 2. The second-order valence-electron chi connectivity index (χ2n) is 6.13. The van der Waals surface area contributed by atoms with E-state index in [-0.39, 0.29) is 30.2 Å². The molecule has 23 heavy (non-hydrogen) atoms. The molecule has 0 aromatic heterocycles. The van der Waals surface area contributed by atoms with Gasteiger partial charge < -0.3 is 15.7 Å². The standard InChI is InChI=1S/C16H23N3O4/c1-12-10-13(19(22)23)4-5-14(12)18-15(21)6-9-17-16(11-20)7-2-3-8-16/h4-5,10,17,20H,2-3,6-9,11H2,1H3,(H,18,21). The minimum atomic E-state index is -0.460. The molecule has 1 aliphatic rings. The van der Waals surface area contributed by atoms with Crippen molar-refractivity contribution in [1.82, 2.24) is 5.32 Å². The molecule has 126 valence electrons. The van der Waals surface area contributed by atoms with E-state index < -0.39 is 4.92 Å². The van der Waals surface area contributed by atoms with Crippen molar-refractivity contribution in [2.45, 2.75) is 44.6 Å². The normalized spacial score (nSPS) is 16.3. The predicted molar refractivity (Wildman–Crippen MR) is 87.4 cm³/mol. The molecule has 1 aromatic rings. The SMILES string of the molecule is Cc1cc([N+](=O)[O-])ccc1NC(=O)CCNC1(CO)CCCC1. The summed E-state index contributed by atoms with van der Waals surface area (Å²) in [5, 5.41) is 26.3. The van der Waals surface area contributed by atoms with Crippen LogP contribution in [0.3, 0.4) is 0 Å². The number of hydrogen-bond acceptors (Lipinski definition) is 5. The van der Waals surface area contributed by atoms with Crippen LogP contribution in [-0.4, -0.2) is 34.6 Å². The molecule has 0 bridgehead atoms. The number of anilines is 1. The van der Waals surface area contributed by atoms with Gasteiger partial charge in [0.15, 0.2) is 0 Å². The largest absolute Gasteiger partial charge is 0.394 e. The van der Waals surface area contributed by atoms with Crippen molar-refractivity contribution in [3.05, 3.63) is 33.9 Å². The van der Waals surface area contributed by atoms with E-state index in [0.29, 0.717) is 17.8 Å². The number of hydrogen-bond donors (Lipinski definition) is 3. The van der Waals surface area contributed by atoms with E-state index in [2.05, 4.69) is 10.6 Å². The molecule has 0 radical (unpaired) electrons. The molecule has 1 fully saturated rings. The van der Waals surface area contributed by atoms with E-state index >= 15 is 0 Å². The molecule has 0 unspecified atom stereocenters. The van der Waals surface area contributed by atoms with Crippen LogP contribution in [0.4, 0.5) is 11.4 Å². The Morgan fingerprint density at radius 3 is 2.65 bits per heavy atom. The second kappa shape index (κ2) is 7.52. The Labute approximate surface area is 135 Å². The van der Waals surface area contributed by atoms with Crippen molar-refractivity contribution in [3.8, 4) is 0 Å². The van der Waals surface area contributed by atoms with Crippen molar-refractivity contribution >= 4 is 17.3 Å². The molecule has 2 rings (SSSR count). The summed E-state index contributed by atoms with van der Waals surface area (Å²) in [6, 6.07) is 4.36. The van der Waals surface area contributed by atoms with Gasteiger partial charge in [-0.05, 0) is 31.4 Å². The first-order valence-electron chi connectivity index (χ1n) is 7.86. The van der Waals surface area contributed by atoms with Gasteiger partial charge in [-0.2, -0.15) is 0 Å². The van der Waals surface area contributed by atoms with Crippen LogP contribution in [-0.2, 0) is 4.79 Å². The first kappa shape index (κ1) is 17.4. The third kappa shape index (κ3) is 4.49. The fourth-order valence-electron chi connectivity index (χ4n) is 3.00. The number of aliphatic hydroxyl groups is 1. The number of aryl methyl sites for hydroxylation is 1. The second-order valence-corrected chi connectivity index (χ2v) is 6.13. The summed E-state index contributed by atoms with van der Waals surface area (Å²) in [7, 11) is 0. The summed E-state index contributed by atoms with van der Waals surface area (Å²) in [6.45, 7) is 2.31. The van der Waals surface area contributed by atoms with Crippen LogP contribution < -0.4 is 10.6 Å².